The molecule has 0 bridgehead atoms. The quantitative estimate of drug-likeness (QED) is 0.418. The summed E-state index contributed by atoms with van der Waals surface area (Å²) in [6, 6.07) is 9.69. The number of benzene rings is 1. The molecule has 10 nitrogen and oxygen atoms in total. The largest absolute Gasteiger partial charge is 0.423 e. The minimum absolute atomic E-state index is 0.0558. The Hall–Kier alpha value is -3.75. The number of hydrogen-bond acceptors (Lipinski definition) is 8. The third-order valence-corrected chi connectivity index (χ3v) is 6.78. The van der Waals surface area contributed by atoms with Crippen molar-refractivity contribution in [2.24, 2.45) is 0 Å². The van der Waals surface area contributed by atoms with Gasteiger partial charge in [-0.1, -0.05) is 6.07 Å². The Labute approximate surface area is 177 Å². The summed E-state index contributed by atoms with van der Waals surface area (Å²) >= 11 is 0. The summed E-state index contributed by atoms with van der Waals surface area (Å²) in [5.74, 6) is 0.354. The van der Waals surface area contributed by atoms with E-state index in [1.165, 1.54) is 18.5 Å². The lowest BCUT2D eigenvalue weighted by atomic mass is 9.87. The molecule has 1 saturated carbocycles. The fraction of sp³-hybridized carbons (Fsp3) is 0.200. The molecule has 0 saturated heterocycles. The number of nitriles is 1. The first-order valence-electron chi connectivity index (χ1n) is 9.55. The average molecular weight is 435 g/mol. The molecule has 1 aromatic carbocycles. The Morgan fingerprint density at radius 3 is 2.87 bits per heavy atom. The van der Waals surface area contributed by atoms with Gasteiger partial charge in [0.25, 0.3) is 5.89 Å². The summed E-state index contributed by atoms with van der Waals surface area (Å²) in [4.78, 5) is 7.55. The topological polar surface area (TPSA) is 150 Å². The highest BCUT2D eigenvalue weighted by molar-refractivity contribution is 7.89. The second kappa shape index (κ2) is 7.50. The van der Waals surface area contributed by atoms with Gasteiger partial charge in [-0.15, -0.1) is 10.2 Å². The zero-order valence-electron chi connectivity index (χ0n) is 16.1. The van der Waals surface area contributed by atoms with Crippen LogP contribution in [0.15, 0.2) is 58.4 Å². The molecule has 5 rings (SSSR count). The van der Waals surface area contributed by atoms with E-state index in [0.717, 1.165) is 16.7 Å². The molecule has 3 heterocycles. The van der Waals surface area contributed by atoms with Crippen molar-refractivity contribution in [3.8, 4) is 17.5 Å². The van der Waals surface area contributed by atoms with Crippen molar-refractivity contribution >= 4 is 26.7 Å². The molecule has 0 unspecified atom stereocenters. The van der Waals surface area contributed by atoms with Crippen LogP contribution < -0.4 is 10.0 Å². The lowest BCUT2D eigenvalue weighted by molar-refractivity contribution is 0.346. The van der Waals surface area contributed by atoms with Crippen LogP contribution in [0.2, 0.25) is 0 Å². The Bertz CT molecular complexity index is 1380. The number of aromatic amines is 1. The van der Waals surface area contributed by atoms with E-state index in [9.17, 15) is 8.42 Å². The summed E-state index contributed by atoms with van der Waals surface area (Å²) in [5.41, 5.74) is 2.52. The second-order valence-electron chi connectivity index (χ2n) is 7.30. The molecule has 0 amide bonds. The van der Waals surface area contributed by atoms with Crippen LogP contribution in [-0.2, 0) is 10.0 Å². The average Bonchev–Trinajstić information content (AvgIpc) is 3.44. The fourth-order valence-electron chi connectivity index (χ4n) is 3.67. The normalized spacial score (nSPS) is 18.4. The monoisotopic (exact) mass is 435 g/mol. The van der Waals surface area contributed by atoms with Gasteiger partial charge >= 0.3 is 0 Å². The minimum Gasteiger partial charge on any atom is -0.423 e. The van der Waals surface area contributed by atoms with Crippen molar-refractivity contribution in [1.82, 2.24) is 24.9 Å². The SMILES string of the molecule is N#Cc1cccc(S(=O)(=O)NC2CC(Nc3c(-c4nnco4)cnc4[nH]ccc34)C2)c1. The van der Waals surface area contributed by atoms with Gasteiger partial charge in [-0.2, -0.15) is 5.26 Å². The van der Waals surface area contributed by atoms with Crippen molar-refractivity contribution in [2.75, 3.05) is 5.32 Å². The lowest BCUT2D eigenvalue weighted by Gasteiger charge is -2.37. The first-order valence-corrected chi connectivity index (χ1v) is 11.0. The van der Waals surface area contributed by atoms with Gasteiger partial charge in [-0.3, -0.25) is 0 Å². The molecule has 4 aromatic rings. The molecule has 156 valence electrons. The molecule has 3 aromatic heterocycles. The number of nitrogens with one attached hydrogen (secondary N) is 3. The molecule has 0 aliphatic heterocycles. The van der Waals surface area contributed by atoms with Gasteiger partial charge in [-0.05, 0) is 37.1 Å². The number of pyridine rings is 1. The zero-order chi connectivity index (χ0) is 21.4. The molecule has 0 radical (unpaired) electrons. The van der Waals surface area contributed by atoms with Gasteiger partial charge < -0.3 is 14.7 Å². The van der Waals surface area contributed by atoms with Crippen molar-refractivity contribution in [3.05, 3.63) is 54.7 Å². The van der Waals surface area contributed by atoms with Crippen LogP contribution in [0.1, 0.15) is 18.4 Å². The fourth-order valence-corrected chi connectivity index (χ4v) is 4.98. The van der Waals surface area contributed by atoms with E-state index in [1.807, 2.05) is 12.1 Å². The molecule has 31 heavy (non-hydrogen) atoms. The van der Waals surface area contributed by atoms with Gasteiger partial charge in [0.1, 0.15) is 5.65 Å². The number of sulfonamides is 1. The zero-order valence-corrected chi connectivity index (χ0v) is 16.9. The molecular formula is C20H17N7O3S. The van der Waals surface area contributed by atoms with Crippen LogP contribution in [0.25, 0.3) is 22.5 Å². The summed E-state index contributed by atoms with van der Waals surface area (Å²) in [6.07, 6.45) is 5.93. The van der Waals surface area contributed by atoms with Crippen LogP contribution in [0.4, 0.5) is 5.69 Å². The van der Waals surface area contributed by atoms with E-state index in [1.54, 1.807) is 24.5 Å². The van der Waals surface area contributed by atoms with E-state index < -0.39 is 10.0 Å². The number of anilines is 1. The van der Waals surface area contributed by atoms with Crippen LogP contribution >= 0.6 is 0 Å². The predicted molar refractivity (Wildman–Crippen MR) is 111 cm³/mol. The molecule has 11 heteroatoms. The molecule has 1 fully saturated rings. The maximum absolute atomic E-state index is 12.6. The summed E-state index contributed by atoms with van der Waals surface area (Å²) in [7, 11) is -3.70. The Morgan fingerprint density at radius 1 is 1.23 bits per heavy atom. The first kappa shape index (κ1) is 19.2. The third-order valence-electron chi connectivity index (χ3n) is 5.26. The van der Waals surface area contributed by atoms with Gasteiger partial charge in [-0.25, -0.2) is 18.1 Å². The molecular weight excluding hydrogens is 418 g/mol. The van der Waals surface area contributed by atoms with E-state index >= 15 is 0 Å². The number of rotatable bonds is 6. The van der Waals surface area contributed by atoms with Crippen LogP contribution in [0, 0.1) is 11.3 Å². The Balaban J connectivity index is 1.31. The lowest BCUT2D eigenvalue weighted by Crippen LogP contribution is -2.49. The highest BCUT2D eigenvalue weighted by Crippen LogP contribution is 2.35. The van der Waals surface area contributed by atoms with E-state index in [4.69, 9.17) is 9.68 Å². The van der Waals surface area contributed by atoms with Gasteiger partial charge in [0.2, 0.25) is 16.4 Å². The van der Waals surface area contributed by atoms with Crippen molar-refractivity contribution in [1.29, 1.82) is 5.26 Å². The molecule has 3 N–H and O–H groups in total. The highest BCUT2D eigenvalue weighted by atomic mass is 32.2. The van der Waals surface area contributed by atoms with Gasteiger partial charge in [0.15, 0.2) is 0 Å². The second-order valence-corrected chi connectivity index (χ2v) is 9.02. The Kier molecular flexibility index (Phi) is 4.65. The Morgan fingerprint density at radius 2 is 2.10 bits per heavy atom. The number of H-pyrrole nitrogens is 1. The van der Waals surface area contributed by atoms with Crippen LogP contribution in [-0.4, -0.2) is 40.7 Å². The molecule has 1 aliphatic rings. The van der Waals surface area contributed by atoms with Crippen molar-refractivity contribution in [2.45, 2.75) is 29.8 Å². The van der Waals surface area contributed by atoms with E-state index in [0.29, 0.717) is 29.9 Å². The summed E-state index contributed by atoms with van der Waals surface area (Å²) < 4.78 is 33.3. The van der Waals surface area contributed by atoms with Crippen LogP contribution in [0.5, 0.6) is 0 Å². The number of nitrogens with zero attached hydrogens (tertiary/aromatic N) is 4. The molecule has 1 aliphatic carbocycles. The first-order chi connectivity index (χ1) is 15.0. The van der Waals surface area contributed by atoms with Gasteiger partial charge in [0.05, 0.1) is 27.8 Å². The van der Waals surface area contributed by atoms with Gasteiger partial charge in [0, 0.05) is 29.9 Å². The van der Waals surface area contributed by atoms with E-state index in [2.05, 4.69) is 30.2 Å². The maximum Gasteiger partial charge on any atom is 0.251 e. The smallest absolute Gasteiger partial charge is 0.251 e. The molecule has 0 atom stereocenters. The van der Waals surface area contributed by atoms with Crippen molar-refractivity contribution in [3.63, 3.8) is 0 Å². The third kappa shape index (κ3) is 3.63. The van der Waals surface area contributed by atoms with E-state index in [-0.39, 0.29) is 17.0 Å². The standard InChI is InChI=1S/C20H17N7O3S/c21-9-12-2-1-3-15(6-12)31(28,29)27-14-7-13(8-14)25-18-16-4-5-22-19(16)23-10-17(18)20-26-24-11-30-20/h1-6,10-11,13-14,27H,7-8H2,(H2,22,23,25). The predicted octanol–water partition coefficient (Wildman–Crippen LogP) is 2.41. The van der Waals surface area contributed by atoms with Crippen LogP contribution in [0.3, 0.4) is 0 Å². The minimum atomic E-state index is -3.70. The number of fused-ring (bicyclic) bond motifs is 1. The van der Waals surface area contributed by atoms with Crippen molar-refractivity contribution < 1.29 is 12.8 Å². The number of aromatic nitrogens is 4. The molecule has 0 spiro atoms. The number of hydrogen-bond donors (Lipinski definition) is 3. The maximum atomic E-state index is 12.6. The summed E-state index contributed by atoms with van der Waals surface area (Å²) in [5, 5.41) is 21.1. The summed E-state index contributed by atoms with van der Waals surface area (Å²) in [6.45, 7) is 0. The highest BCUT2D eigenvalue weighted by Gasteiger charge is 2.34.